The molecule has 0 bridgehead atoms. The van der Waals surface area contributed by atoms with Crippen LogP contribution in [0.2, 0.25) is 0 Å². The van der Waals surface area contributed by atoms with Crippen LogP contribution in [0.25, 0.3) is 0 Å². The third-order valence-corrected chi connectivity index (χ3v) is 3.05. The van der Waals surface area contributed by atoms with Crippen LogP contribution in [0.4, 0.5) is 0 Å². The molecule has 0 unspecified atom stereocenters. The van der Waals surface area contributed by atoms with Gasteiger partial charge in [-0.25, -0.2) is 0 Å². The molecule has 0 atom stereocenters. The fraction of sp³-hybridized carbons (Fsp3) is 0.400. The van der Waals surface area contributed by atoms with Crippen LogP contribution < -0.4 is 0 Å². The average molecular weight is 228 g/mol. The summed E-state index contributed by atoms with van der Waals surface area (Å²) in [6.45, 7) is 9.45. The standard InChI is InChI=1S/C15H20N2/c1-11(2)15-7-5-6-14(9-15)10-17-13(4)8-12(3)16-17/h5-9,11H,10H2,1-4H3. The lowest BCUT2D eigenvalue weighted by Gasteiger charge is -2.09. The molecule has 0 N–H and O–H groups in total. The Kier molecular flexibility index (Phi) is 3.32. The number of aryl methyl sites for hydroxylation is 2. The second-order valence-electron chi connectivity index (χ2n) is 4.98. The third-order valence-electron chi connectivity index (χ3n) is 3.05. The Morgan fingerprint density at radius 2 is 1.94 bits per heavy atom. The molecule has 0 spiro atoms. The van der Waals surface area contributed by atoms with Gasteiger partial charge < -0.3 is 0 Å². The van der Waals surface area contributed by atoms with Crippen molar-refractivity contribution in [2.75, 3.05) is 0 Å². The summed E-state index contributed by atoms with van der Waals surface area (Å²) in [4.78, 5) is 0. The van der Waals surface area contributed by atoms with Gasteiger partial charge in [-0.2, -0.15) is 5.10 Å². The fourth-order valence-electron chi connectivity index (χ4n) is 2.06. The lowest BCUT2D eigenvalue weighted by Crippen LogP contribution is -2.04. The molecule has 0 saturated heterocycles. The van der Waals surface area contributed by atoms with Crippen molar-refractivity contribution >= 4 is 0 Å². The van der Waals surface area contributed by atoms with E-state index in [1.165, 1.54) is 16.8 Å². The molecule has 0 aliphatic rings. The van der Waals surface area contributed by atoms with E-state index in [1.807, 2.05) is 6.92 Å². The Bertz CT molecular complexity index is 509. The Balaban J connectivity index is 2.24. The summed E-state index contributed by atoms with van der Waals surface area (Å²) in [6.07, 6.45) is 0. The average Bonchev–Trinajstić information content (AvgIpc) is 2.58. The number of benzene rings is 1. The van der Waals surface area contributed by atoms with Gasteiger partial charge in [-0.05, 0) is 37.0 Å². The van der Waals surface area contributed by atoms with Crippen LogP contribution in [0.1, 0.15) is 42.3 Å². The predicted molar refractivity (Wildman–Crippen MR) is 71.3 cm³/mol. The van der Waals surface area contributed by atoms with E-state index in [4.69, 9.17) is 0 Å². The summed E-state index contributed by atoms with van der Waals surface area (Å²) in [5, 5.41) is 4.50. The van der Waals surface area contributed by atoms with Crippen molar-refractivity contribution in [1.82, 2.24) is 9.78 Å². The second-order valence-corrected chi connectivity index (χ2v) is 4.98. The zero-order valence-electron chi connectivity index (χ0n) is 11.1. The Morgan fingerprint density at radius 3 is 2.53 bits per heavy atom. The summed E-state index contributed by atoms with van der Waals surface area (Å²) in [6, 6.07) is 10.9. The van der Waals surface area contributed by atoms with E-state index >= 15 is 0 Å². The lowest BCUT2D eigenvalue weighted by molar-refractivity contribution is 0.657. The third kappa shape index (κ3) is 2.76. The van der Waals surface area contributed by atoms with E-state index in [1.54, 1.807) is 0 Å². The monoisotopic (exact) mass is 228 g/mol. The highest BCUT2D eigenvalue weighted by Gasteiger charge is 2.04. The molecule has 2 nitrogen and oxygen atoms in total. The van der Waals surface area contributed by atoms with Crippen molar-refractivity contribution < 1.29 is 0 Å². The van der Waals surface area contributed by atoms with Crippen LogP contribution in [0.15, 0.2) is 30.3 Å². The molecule has 2 heteroatoms. The molecular weight excluding hydrogens is 208 g/mol. The van der Waals surface area contributed by atoms with Crippen molar-refractivity contribution in [2.24, 2.45) is 0 Å². The molecule has 90 valence electrons. The van der Waals surface area contributed by atoms with E-state index in [-0.39, 0.29) is 0 Å². The van der Waals surface area contributed by atoms with Gasteiger partial charge >= 0.3 is 0 Å². The van der Waals surface area contributed by atoms with Crippen LogP contribution in [-0.4, -0.2) is 9.78 Å². The molecule has 1 heterocycles. The molecule has 0 aliphatic heterocycles. The van der Waals surface area contributed by atoms with Gasteiger partial charge in [-0.15, -0.1) is 0 Å². The van der Waals surface area contributed by atoms with E-state index < -0.39 is 0 Å². The first-order chi connectivity index (χ1) is 8.06. The van der Waals surface area contributed by atoms with E-state index in [9.17, 15) is 0 Å². The zero-order valence-corrected chi connectivity index (χ0v) is 11.1. The summed E-state index contributed by atoms with van der Waals surface area (Å²) < 4.78 is 2.06. The lowest BCUT2D eigenvalue weighted by atomic mass is 10.0. The van der Waals surface area contributed by atoms with Gasteiger partial charge in [-0.3, -0.25) is 4.68 Å². The van der Waals surface area contributed by atoms with Gasteiger partial charge in [0, 0.05) is 5.69 Å². The molecule has 0 aliphatic carbocycles. The number of hydrogen-bond donors (Lipinski definition) is 0. The quantitative estimate of drug-likeness (QED) is 0.783. The second kappa shape index (κ2) is 4.74. The summed E-state index contributed by atoms with van der Waals surface area (Å²) >= 11 is 0. The molecule has 0 saturated carbocycles. The summed E-state index contributed by atoms with van der Waals surface area (Å²) in [7, 11) is 0. The largest absolute Gasteiger partial charge is 0.265 e. The smallest absolute Gasteiger partial charge is 0.0662 e. The molecule has 2 aromatic rings. The van der Waals surface area contributed by atoms with Gasteiger partial charge in [0.15, 0.2) is 0 Å². The molecule has 1 aromatic heterocycles. The first-order valence-corrected chi connectivity index (χ1v) is 6.16. The first kappa shape index (κ1) is 11.9. The minimum absolute atomic E-state index is 0.579. The summed E-state index contributed by atoms with van der Waals surface area (Å²) in [5.74, 6) is 0.579. The van der Waals surface area contributed by atoms with E-state index in [0.717, 1.165) is 12.2 Å². The van der Waals surface area contributed by atoms with Crippen LogP contribution in [0, 0.1) is 13.8 Å². The Morgan fingerprint density at radius 1 is 1.18 bits per heavy atom. The predicted octanol–water partition coefficient (Wildman–Crippen LogP) is 3.67. The van der Waals surface area contributed by atoms with Crippen LogP contribution in [0.5, 0.6) is 0 Å². The molecule has 0 radical (unpaired) electrons. The van der Waals surface area contributed by atoms with Crippen molar-refractivity contribution in [1.29, 1.82) is 0 Å². The Labute approximate surface area is 103 Å². The Hall–Kier alpha value is -1.57. The first-order valence-electron chi connectivity index (χ1n) is 6.16. The van der Waals surface area contributed by atoms with Crippen molar-refractivity contribution in [3.05, 3.63) is 52.8 Å². The normalized spacial score (nSPS) is 11.1. The van der Waals surface area contributed by atoms with Gasteiger partial charge in [-0.1, -0.05) is 38.1 Å². The highest BCUT2D eigenvalue weighted by molar-refractivity contribution is 5.26. The number of hydrogen-bond acceptors (Lipinski definition) is 1. The van der Waals surface area contributed by atoms with Gasteiger partial charge in [0.05, 0.1) is 12.2 Å². The molecular formula is C15H20N2. The van der Waals surface area contributed by atoms with Crippen LogP contribution in [-0.2, 0) is 6.54 Å². The minimum Gasteiger partial charge on any atom is -0.265 e. The summed E-state index contributed by atoms with van der Waals surface area (Å²) in [5.41, 5.74) is 5.02. The van der Waals surface area contributed by atoms with Gasteiger partial charge in [0.1, 0.15) is 0 Å². The van der Waals surface area contributed by atoms with Crippen LogP contribution in [0.3, 0.4) is 0 Å². The van der Waals surface area contributed by atoms with Crippen molar-refractivity contribution in [2.45, 2.75) is 40.2 Å². The van der Waals surface area contributed by atoms with Crippen LogP contribution >= 0.6 is 0 Å². The highest BCUT2D eigenvalue weighted by atomic mass is 15.3. The number of aromatic nitrogens is 2. The molecule has 0 amide bonds. The SMILES string of the molecule is Cc1cc(C)n(Cc2cccc(C(C)C)c2)n1. The maximum Gasteiger partial charge on any atom is 0.0662 e. The molecule has 2 rings (SSSR count). The number of nitrogens with zero attached hydrogens (tertiary/aromatic N) is 2. The zero-order chi connectivity index (χ0) is 12.4. The maximum atomic E-state index is 4.50. The maximum absolute atomic E-state index is 4.50. The molecule has 1 aromatic carbocycles. The molecule has 0 fully saturated rings. The highest BCUT2D eigenvalue weighted by Crippen LogP contribution is 2.16. The van der Waals surface area contributed by atoms with E-state index in [2.05, 4.69) is 60.9 Å². The van der Waals surface area contributed by atoms with Gasteiger partial charge in [0.2, 0.25) is 0 Å². The molecule has 17 heavy (non-hydrogen) atoms. The minimum atomic E-state index is 0.579. The topological polar surface area (TPSA) is 17.8 Å². The van der Waals surface area contributed by atoms with E-state index in [0.29, 0.717) is 5.92 Å². The van der Waals surface area contributed by atoms with Gasteiger partial charge in [0.25, 0.3) is 0 Å². The van der Waals surface area contributed by atoms with Crippen molar-refractivity contribution in [3.8, 4) is 0 Å². The van der Waals surface area contributed by atoms with Crippen molar-refractivity contribution in [3.63, 3.8) is 0 Å². The fourth-order valence-corrected chi connectivity index (χ4v) is 2.06. The number of rotatable bonds is 3.